The number of hydrogen-bond donors (Lipinski definition) is 1. The highest BCUT2D eigenvalue weighted by Gasteiger charge is 2.29. The predicted molar refractivity (Wildman–Crippen MR) is 105 cm³/mol. The molecule has 6 nitrogen and oxygen atoms in total. The van der Waals surface area contributed by atoms with E-state index in [0.29, 0.717) is 17.0 Å². The van der Waals surface area contributed by atoms with Gasteiger partial charge in [-0.25, -0.2) is 4.79 Å². The van der Waals surface area contributed by atoms with Gasteiger partial charge >= 0.3 is 5.97 Å². The van der Waals surface area contributed by atoms with Crippen LogP contribution < -0.4 is 5.01 Å². The third kappa shape index (κ3) is 2.81. The number of rotatable bonds is 3. The van der Waals surface area contributed by atoms with Crippen LogP contribution in [0.4, 0.5) is 5.69 Å². The summed E-state index contributed by atoms with van der Waals surface area (Å²) in [6.07, 6.45) is 3.84. The molecule has 2 aromatic carbocycles. The number of carboxylic acids is 1. The highest BCUT2D eigenvalue weighted by molar-refractivity contribution is 6.32. The first-order valence-corrected chi connectivity index (χ1v) is 8.45. The number of para-hydroxylation sites is 1. The first-order valence-electron chi connectivity index (χ1n) is 8.45. The maximum Gasteiger partial charge on any atom is 0.335 e. The fourth-order valence-electron chi connectivity index (χ4n) is 3.25. The molecule has 0 aliphatic carbocycles. The van der Waals surface area contributed by atoms with Gasteiger partial charge in [0.2, 0.25) is 0 Å². The molecule has 1 amide bonds. The Morgan fingerprint density at radius 1 is 1.11 bits per heavy atom. The van der Waals surface area contributed by atoms with Gasteiger partial charge in [0.25, 0.3) is 5.91 Å². The van der Waals surface area contributed by atoms with Crippen molar-refractivity contribution in [2.24, 2.45) is 12.1 Å². The highest BCUT2D eigenvalue weighted by Crippen LogP contribution is 2.28. The number of benzene rings is 2. The highest BCUT2D eigenvalue weighted by atomic mass is 16.4. The van der Waals surface area contributed by atoms with Crippen LogP contribution in [0.5, 0.6) is 0 Å². The Morgan fingerprint density at radius 3 is 2.52 bits per heavy atom. The Bertz CT molecular complexity index is 1140. The molecule has 134 valence electrons. The van der Waals surface area contributed by atoms with Gasteiger partial charge < -0.3 is 9.67 Å². The van der Waals surface area contributed by atoms with E-state index in [1.807, 2.05) is 48.2 Å². The van der Waals surface area contributed by atoms with E-state index < -0.39 is 5.97 Å². The van der Waals surface area contributed by atoms with E-state index in [9.17, 15) is 9.59 Å². The number of amides is 1. The minimum absolute atomic E-state index is 0.164. The quantitative estimate of drug-likeness (QED) is 0.725. The normalized spacial score (nSPS) is 15.6. The average molecular weight is 359 g/mol. The van der Waals surface area contributed by atoms with Crippen molar-refractivity contribution in [2.75, 3.05) is 5.01 Å². The van der Waals surface area contributed by atoms with Crippen molar-refractivity contribution in [2.45, 2.75) is 6.92 Å². The summed E-state index contributed by atoms with van der Waals surface area (Å²) >= 11 is 0. The Hall–Kier alpha value is -3.67. The molecule has 1 aromatic heterocycles. The number of hydrogen-bond acceptors (Lipinski definition) is 3. The smallest absolute Gasteiger partial charge is 0.335 e. The van der Waals surface area contributed by atoms with Gasteiger partial charge in [0.15, 0.2) is 0 Å². The van der Waals surface area contributed by atoms with Crippen molar-refractivity contribution in [3.05, 3.63) is 71.4 Å². The van der Waals surface area contributed by atoms with Gasteiger partial charge in [-0.3, -0.25) is 4.79 Å². The minimum atomic E-state index is -1.01. The van der Waals surface area contributed by atoms with E-state index in [0.717, 1.165) is 16.5 Å². The van der Waals surface area contributed by atoms with Gasteiger partial charge in [-0.05, 0) is 43.3 Å². The fourth-order valence-corrected chi connectivity index (χ4v) is 3.25. The molecule has 0 bridgehead atoms. The maximum absolute atomic E-state index is 12.9. The molecule has 6 heteroatoms. The van der Waals surface area contributed by atoms with Crippen molar-refractivity contribution in [3.8, 4) is 0 Å². The van der Waals surface area contributed by atoms with Crippen LogP contribution in [0.2, 0.25) is 0 Å². The molecule has 4 rings (SSSR count). The third-order valence-corrected chi connectivity index (χ3v) is 4.65. The Labute approximate surface area is 155 Å². The van der Waals surface area contributed by atoms with E-state index >= 15 is 0 Å². The molecule has 0 atom stereocenters. The van der Waals surface area contributed by atoms with Gasteiger partial charge in [0.05, 0.1) is 22.5 Å². The van der Waals surface area contributed by atoms with E-state index in [2.05, 4.69) is 5.10 Å². The second-order valence-corrected chi connectivity index (χ2v) is 6.42. The van der Waals surface area contributed by atoms with Crippen molar-refractivity contribution >= 4 is 40.3 Å². The third-order valence-electron chi connectivity index (χ3n) is 4.65. The van der Waals surface area contributed by atoms with Gasteiger partial charge in [0.1, 0.15) is 0 Å². The van der Waals surface area contributed by atoms with Gasteiger partial charge in [0, 0.05) is 29.7 Å². The monoisotopic (exact) mass is 359 g/mol. The summed E-state index contributed by atoms with van der Waals surface area (Å²) in [6, 6.07) is 14.1. The van der Waals surface area contributed by atoms with Crippen LogP contribution in [-0.4, -0.2) is 27.3 Å². The molecular weight excluding hydrogens is 342 g/mol. The van der Waals surface area contributed by atoms with Crippen molar-refractivity contribution in [1.29, 1.82) is 0 Å². The molecule has 1 aliphatic heterocycles. The summed E-state index contributed by atoms with van der Waals surface area (Å²) < 4.78 is 2.02. The lowest BCUT2D eigenvalue weighted by Gasteiger charge is -2.11. The van der Waals surface area contributed by atoms with Crippen LogP contribution in [-0.2, 0) is 11.8 Å². The topological polar surface area (TPSA) is 74.9 Å². The largest absolute Gasteiger partial charge is 0.478 e. The molecule has 0 saturated heterocycles. The standard InChI is InChI=1S/C21H17N3O3/c1-13-18(11-15-12-23(2)19-6-4-3-5-17(15)19)20(25)24(22-13)16-9-7-14(8-10-16)21(26)27/h3-12H,1-2H3,(H,26,27)/b18-11-. The number of fused-ring (bicyclic) bond motifs is 1. The van der Waals surface area contributed by atoms with Crippen LogP contribution in [0, 0.1) is 0 Å². The summed E-state index contributed by atoms with van der Waals surface area (Å²) in [7, 11) is 1.97. The second-order valence-electron chi connectivity index (χ2n) is 6.42. The lowest BCUT2D eigenvalue weighted by atomic mass is 10.1. The number of nitrogens with zero attached hydrogens (tertiary/aromatic N) is 3. The molecule has 0 fully saturated rings. The minimum Gasteiger partial charge on any atom is -0.478 e. The summed E-state index contributed by atoms with van der Waals surface area (Å²) in [5, 5.41) is 15.7. The first-order chi connectivity index (χ1) is 13.0. The average Bonchev–Trinajstić information content (AvgIpc) is 3.13. The van der Waals surface area contributed by atoms with Crippen molar-refractivity contribution in [1.82, 2.24) is 4.57 Å². The Kier molecular flexibility index (Phi) is 3.88. The number of aromatic nitrogens is 1. The van der Waals surface area contributed by atoms with Gasteiger partial charge in [-0.15, -0.1) is 0 Å². The molecule has 2 heterocycles. The first kappa shape index (κ1) is 16.8. The number of aromatic carboxylic acids is 1. The number of aryl methyl sites for hydroxylation is 1. The molecule has 0 radical (unpaired) electrons. The number of anilines is 1. The van der Waals surface area contributed by atoms with Crippen LogP contribution in [0.1, 0.15) is 22.8 Å². The van der Waals surface area contributed by atoms with Gasteiger partial charge in [-0.2, -0.15) is 10.1 Å². The molecule has 0 spiro atoms. The maximum atomic E-state index is 12.9. The number of carbonyl (C=O) groups excluding carboxylic acids is 1. The Balaban J connectivity index is 1.71. The van der Waals surface area contributed by atoms with E-state index in [1.165, 1.54) is 17.1 Å². The zero-order valence-electron chi connectivity index (χ0n) is 14.9. The van der Waals surface area contributed by atoms with Crippen molar-refractivity contribution in [3.63, 3.8) is 0 Å². The van der Waals surface area contributed by atoms with Crippen molar-refractivity contribution < 1.29 is 14.7 Å². The Morgan fingerprint density at radius 2 is 1.81 bits per heavy atom. The van der Waals surface area contributed by atoms with Crippen LogP contribution in [0.3, 0.4) is 0 Å². The SMILES string of the molecule is CC1=NN(c2ccc(C(=O)O)cc2)C(=O)/C1=C\c1cn(C)c2ccccc12. The lowest BCUT2D eigenvalue weighted by molar-refractivity contribution is -0.114. The van der Waals surface area contributed by atoms with Crippen LogP contribution >= 0.6 is 0 Å². The van der Waals surface area contributed by atoms with E-state index in [4.69, 9.17) is 5.11 Å². The molecular formula is C21H17N3O3. The van der Waals surface area contributed by atoms with Gasteiger partial charge in [-0.1, -0.05) is 18.2 Å². The van der Waals surface area contributed by atoms with E-state index in [1.54, 1.807) is 19.1 Å². The molecule has 0 unspecified atom stereocenters. The van der Waals surface area contributed by atoms with Crippen LogP contribution in [0.25, 0.3) is 17.0 Å². The number of carbonyl (C=O) groups is 2. The number of carboxylic acid groups (broad SMARTS) is 1. The summed E-state index contributed by atoms with van der Waals surface area (Å²) in [5.74, 6) is -1.24. The molecule has 3 aromatic rings. The molecule has 0 saturated carbocycles. The molecule has 1 N–H and O–H groups in total. The zero-order valence-corrected chi connectivity index (χ0v) is 14.9. The molecule has 27 heavy (non-hydrogen) atoms. The summed E-state index contributed by atoms with van der Waals surface area (Å²) in [4.78, 5) is 23.9. The number of hydrazone groups is 1. The lowest BCUT2D eigenvalue weighted by Crippen LogP contribution is -2.21. The van der Waals surface area contributed by atoms with Crippen LogP contribution in [0.15, 0.2) is 65.4 Å². The zero-order chi connectivity index (χ0) is 19.1. The summed E-state index contributed by atoms with van der Waals surface area (Å²) in [5.41, 5.74) is 3.88. The second kappa shape index (κ2) is 6.25. The fraction of sp³-hybridized carbons (Fsp3) is 0.0952. The van der Waals surface area contributed by atoms with E-state index in [-0.39, 0.29) is 11.5 Å². The summed E-state index contributed by atoms with van der Waals surface area (Å²) in [6.45, 7) is 1.79. The predicted octanol–water partition coefficient (Wildman–Crippen LogP) is 3.68. The molecule has 1 aliphatic rings.